The topological polar surface area (TPSA) is 80.0 Å². The molecule has 2 N–H and O–H groups in total. The lowest BCUT2D eigenvalue weighted by Crippen LogP contribution is -2.38. The Kier molecular flexibility index (Phi) is 3.51. The molecule has 16 heavy (non-hydrogen) atoms. The minimum absolute atomic E-state index is 0.0249. The van der Waals surface area contributed by atoms with Gasteiger partial charge in [-0.3, -0.25) is 9.48 Å². The van der Waals surface area contributed by atoms with Crippen molar-refractivity contribution < 1.29 is 9.90 Å². The van der Waals surface area contributed by atoms with Gasteiger partial charge in [-0.15, -0.1) is 0 Å². The first-order valence-electron chi connectivity index (χ1n) is 5.51. The fourth-order valence-corrected chi connectivity index (χ4v) is 1.78. The summed E-state index contributed by atoms with van der Waals surface area (Å²) in [7, 11) is 0. The van der Waals surface area contributed by atoms with E-state index < -0.39 is 0 Å². The number of carbonyl (C=O) groups is 1. The molecule has 1 aliphatic rings. The molecule has 1 aromatic heterocycles. The second-order valence-corrected chi connectivity index (χ2v) is 4.20. The van der Waals surface area contributed by atoms with E-state index in [-0.39, 0.29) is 12.0 Å². The molecule has 6 heteroatoms. The lowest BCUT2D eigenvalue weighted by atomic mass is 9.82. The first-order chi connectivity index (χ1) is 7.74. The third-order valence-electron chi connectivity index (χ3n) is 2.83. The summed E-state index contributed by atoms with van der Waals surface area (Å²) >= 11 is 0. The standard InChI is InChI=1S/C10H16N4O2/c15-9-3-8(4-9)5-12-10(16)1-2-14-7-11-6-13-14/h6-9,15H,1-5H2,(H,12,16). The van der Waals surface area contributed by atoms with Crippen LogP contribution in [-0.2, 0) is 11.3 Å². The minimum atomic E-state index is -0.156. The van der Waals surface area contributed by atoms with Crippen molar-refractivity contribution in [3.8, 4) is 0 Å². The lowest BCUT2D eigenvalue weighted by Gasteiger charge is -2.31. The van der Waals surface area contributed by atoms with E-state index in [9.17, 15) is 4.79 Å². The third kappa shape index (κ3) is 3.03. The molecular weight excluding hydrogens is 208 g/mol. The van der Waals surface area contributed by atoms with Gasteiger partial charge >= 0.3 is 0 Å². The van der Waals surface area contributed by atoms with Crippen LogP contribution in [0.15, 0.2) is 12.7 Å². The zero-order chi connectivity index (χ0) is 11.4. The van der Waals surface area contributed by atoms with Crippen molar-refractivity contribution in [2.75, 3.05) is 6.54 Å². The average molecular weight is 224 g/mol. The average Bonchev–Trinajstić information content (AvgIpc) is 2.72. The lowest BCUT2D eigenvalue weighted by molar-refractivity contribution is -0.121. The molecule has 2 rings (SSSR count). The second-order valence-electron chi connectivity index (χ2n) is 4.20. The molecule has 0 atom stereocenters. The molecule has 0 saturated heterocycles. The molecule has 1 fully saturated rings. The molecule has 0 bridgehead atoms. The molecule has 88 valence electrons. The molecule has 1 aromatic rings. The van der Waals surface area contributed by atoms with Gasteiger partial charge in [0, 0.05) is 13.0 Å². The van der Waals surface area contributed by atoms with Gasteiger partial charge in [0.25, 0.3) is 0 Å². The van der Waals surface area contributed by atoms with Crippen LogP contribution in [0.3, 0.4) is 0 Å². The van der Waals surface area contributed by atoms with E-state index in [2.05, 4.69) is 15.4 Å². The minimum Gasteiger partial charge on any atom is -0.393 e. The number of amides is 1. The highest BCUT2D eigenvalue weighted by Gasteiger charge is 2.26. The van der Waals surface area contributed by atoms with E-state index in [1.54, 1.807) is 11.0 Å². The van der Waals surface area contributed by atoms with Crippen molar-refractivity contribution in [1.82, 2.24) is 20.1 Å². The van der Waals surface area contributed by atoms with Gasteiger partial charge < -0.3 is 10.4 Å². The van der Waals surface area contributed by atoms with Gasteiger partial charge in [-0.2, -0.15) is 5.10 Å². The Balaban J connectivity index is 1.58. The summed E-state index contributed by atoms with van der Waals surface area (Å²) in [6.45, 7) is 1.23. The number of hydrogen-bond donors (Lipinski definition) is 2. The zero-order valence-corrected chi connectivity index (χ0v) is 9.04. The number of nitrogens with one attached hydrogen (secondary N) is 1. The van der Waals surface area contributed by atoms with Gasteiger partial charge in [-0.25, -0.2) is 4.98 Å². The Labute approximate surface area is 93.7 Å². The maximum Gasteiger partial charge on any atom is 0.221 e. The Hall–Kier alpha value is -1.43. The van der Waals surface area contributed by atoms with E-state index in [4.69, 9.17) is 5.11 Å². The Morgan fingerprint density at radius 1 is 1.56 bits per heavy atom. The van der Waals surface area contributed by atoms with Crippen LogP contribution in [0, 0.1) is 5.92 Å². The summed E-state index contributed by atoms with van der Waals surface area (Å²) in [5, 5.41) is 15.8. The molecule has 0 radical (unpaired) electrons. The Morgan fingerprint density at radius 2 is 2.38 bits per heavy atom. The number of aryl methyl sites for hydroxylation is 1. The number of aliphatic hydroxyl groups is 1. The van der Waals surface area contributed by atoms with E-state index in [0.717, 1.165) is 12.8 Å². The second kappa shape index (κ2) is 5.07. The van der Waals surface area contributed by atoms with E-state index >= 15 is 0 Å². The number of aliphatic hydroxyl groups excluding tert-OH is 1. The SMILES string of the molecule is O=C(CCn1cncn1)NCC1CC(O)C1. The normalized spacial score (nSPS) is 23.8. The quantitative estimate of drug-likeness (QED) is 0.710. The fraction of sp³-hybridized carbons (Fsp3) is 0.700. The van der Waals surface area contributed by atoms with Crippen molar-refractivity contribution in [3.05, 3.63) is 12.7 Å². The summed E-state index contributed by atoms with van der Waals surface area (Å²) in [6.07, 6.45) is 4.92. The first-order valence-corrected chi connectivity index (χ1v) is 5.51. The summed E-state index contributed by atoms with van der Waals surface area (Å²) in [5.74, 6) is 0.474. The van der Waals surface area contributed by atoms with Gasteiger partial charge in [0.1, 0.15) is 12.7 Å². The van der Waals surface area contributed by atoms with Gasteiger partial charge in [0.2, 0.25) is 5.91 Å². The van der Waals surface area contributed by atoms with Crippen LogP contribution in [0.5, 0.6) is 0 Å². The first kappa shape index (κ1) is 11.1. The Bertz CT molecular complexity index is 333. The largest absolute Gasteiger partial charge is 0.393 e. The molecule has 0 aliphatic heterocycles. The smallest absolute Gasteiger partial charge is 0.221 e. The predicted molar refractivity (Wildman–Crippen MR) is 56.4 cm³/mol. The maximum atomic E-state index is 11.4. The fourth-order valence-electron chi connectivity index (χ4n) is 1.78. The highest BCUT2D eigenvalue weighted by atomic mass is 16.3. The predicted octanol–water partition coefficient (Wildman–Crippen LogP) is -0.445. The maximum absolute atomic E-state index is 11.4. The molecule has 0 spiro atoms. The number of rotatable bonds is 5. The number of carbonyl (C=O) groups excluding carboxylic acids is 1. The summed E-state index contributed by atoms with van der Waals surface area (Å²) in [6, 6.07) is 0. The molecule has 1 heterocycles. The van der Waals surface area contributed by atoms with Crippen molar-refractivity contribution >= 4 is 5.91 Å². The highest BCUT2D eigenvalue weighted by Crippen LogP contribution is 2.25. The van der Waals surface area contributed by atoms with Crippen LogP contribution in [-0.4, -0.2) is 38.4 Å². The number of hydrogen-bond acceptors (Lipinski definition) is 4. The van der Waals surface area contributed by atoms with E-state index in [1.165, 1.54) is 6.33 Å². The molecular formula is C10H16N4O2. The van der Waals surface area contributed by atoms with Crippen molar-refractivity contribution in [3.63, 3.8) is 0 Å². The van der Waals surface area contributed by atoms with E-state index in [1.807, 2.05) is 0 Å². The van der Waals surface area contributed by atoms with Crippen molar-refractivity contribution in [2.24, 2.45) is 5.92 Å². The number of aromatic nitrogens is 3. The van der Waals surface area contributed by atoms with Gasteiger partial charge in [0.15, 0.2) is 0 Å². The summed E-state index contributed by atoms with van der Waals surface area (Å²) in [4.78, 5) is 15.2. The molecule has 1 aliphatic carbocycles. The van der Waals surface area contributed by atoms with Crippen LogP contribution in [0.1, 0.15) is 19.3 Å². The van der Waals surface area contributed by atoms with Gasteiger partial charge in [-0.05, 0) is 18.8 Å². The van der Waals surface area contributed by atoms with Crippen molar-refractivity contribution in [2.45, 2.75) is 31.9 Å². The van der Waals surface area contributed by atoms with Crippen LogP contribution in [0.25, 0.3) is 0 Å². The van der Waals surface area contributed by atoms with Crippen LogP contribution < -0.4 is 5.32 Å². The molecule has 6 nitrogen and oxygen atoms in total. The molecule has 1 saturated carbocycles. The van der Waals surface area contributed by atoms with Crippen LogP contribution in [0.4, 0.5) is 0 Å². The zero-order valence-electron chi connectivity index (χ0n) is 9.04. The van der Waals surface area contributed by atoms with Crippen LogP contribution >= 0.6 is 0 Å². The van der Waals surface area contributed by atoms with Gasteiger partial charge in [0.05, 0.1) is 12.6 Å². The monoisotopic (exact) mass is 224 g/mol. The summed E-state index contributed by atoms with van der Waals surface area (Å²) < 4.78 is 1.63. The van der Waals surface area contributed by atoms with Crippen LogP contribution in [0.2, 0.25) is 0 Å². The number of nitrogens with zero attached hydrogens (tertiary/aromatic N) is 3. The molecule has 0 aromatic carbocycles. The van der Waals surface area contributed by atoms with Gasteiger partial charge in [-0.1, -0.05) is 0 Å². The molecule has 0 unspecified atom stereocenters. The summed E-state index contributed by atoms with van der Waals surface area (Å²) in [5.41, 5.74) is 0. The van der Waals surface area contributed by atoms with E-state index in [0.29, 0.717) is 25.4 Å². The Morgan fingerprint density at radius 3 is 3.00 bits per heavy atom. The third-order valence-corrected chi connectivity index (χ3v) is 2.83. The highest BCUT2D eigenvalue weighted by molar-refractivity contribution is 5.75. The van der Waals surface area contributed by atoms with Crippen molar-refractivity contribution in [1.29, 1.82) is 0 Å². The molecule has 1 amide bonds.